The maximum atomic E-state index is 10.4. The number of anilines is 1. The predicted octanol–water partition coefficient (Wildman–Crippen LogP) is 0.243. The molecule has 0 atom stereocenters. The standard InChI is InChI=1S/C7H9N3O2S/c8-6(12)1-2-9-7-10-3-5(4-11)13-7/h3-4H,1-2H2,(H2,8,12)(H,9,10). The Labute approximate surface area is 79.0 Å². The highest BCUT2D eigenvalue weighted by atomic mass is 32.1. The first-order chi connectivity index (χ1) is 6.22. The zero-order valence-corrected chi connectivity index (χ0v) is 7.63. The maximum absolute atomic E-state index is 10.4. The lowest BCUT2D eigenvalue weighted by Gasteiger charge is -1.97. The van der Waals surface area contributed by atoms with E-state index < -0.39 is 0 Å². The highest BCUT2D eigenvalue weighted by molar-refractivity contribution is 7.17. The fraction of sp³-hybridized carbons (Fsp3) is 0.286. The van der Waals surface area contributed by atoms with Gasteiger partial charge in [-0.15, -0.1) is 0 Å². The Kier molecular flexibility index (Phi) is 3.39. The first-order valence-electron chi connectivity index (χ1n) is 3.65. The van der Waals surface area contributed by atoms with Crippen LogP contribution >= 0.6 is 11.3 Å². The van der Waals surface area contributed by atoms with Gasteiger partial charge in [-0.1, -0.05) is 11.3 Å². The Morgan fingerprint density at radius 3 is 3.08 bits per heavy atom. The van der Waals surface area contributed by atoms with Crippen LogP contribution in [0.25, 0.3) is 0 Å². The number of amides is 1. The second kappa shape index (κ2) is 4.56. The number of hydrogen-bond acceptors (Lipinski definition) is 5. The number of thiazole rings is 1. The van der Waals surface area contributed by atoms with Crippen LogP contribution in [0, 0.1) is 0 Å². The Bertz CT molecular complexity index is 310. The number of carbonyl (C=O) groups is 2. The van der Waals surface area contributed by atoms with E-state index in [-0.39, 0.29) is 12.3 Å². The molecule has 0 aliphatic rings. The van der Waals surface area contributed by atoms with E-state index in [1.54, 1.807) is 0 Å². The second-order valence-electron chi connectivity index (χ2n) is 2.33. The fourth-order valence-electron chi connectivity index (χ4n) is 0.715. The van der Waals surface area contributed by atoms with E-state index in [1.165, 1.54) is 17.5 Å². The van der Waals surface area contributed by atoms with Gasteiger partial charge in [0.05, 0.1) is 11.1 Å². The molecule has 13 heavy (non-hydrogen) atoms. The molecule has 1 amide bonds. The Morgan fingerprint density at radius 2 is 2.54 bits per heavy atom. The lowest BCUT2D eigenvalue weighted by Crippen LogP contribution is -2.15. The van der Waals surface area contributed by atoms with Crippen LogP contribution in [0.2, 0.25) is 0 Å². The van der Waals surface area contributed by atoms with Crippen LogP contribution in [0.5, 0.6) is 0 Å². The normalized spacial score (nSPS) is 9.54. The highest BCUT2D eigenvalue weighted by Crippen LogP contribution is 2.15. The number of nitrogens with two attached hydrogens (primary N) is 1. The summed E-state index contributed by atoms with van der Waals surface area (Å²) in [7, 11) is 0. The Balaban J connectivity index is 2.36. The van der Waals surface area contributed by atoms with Crippen LogP contribution in [0.4, 0.5) is 5.13 Å². The van der Waals surface area contributed by atoms with Gasteiger partial charge in [-0.25, -0.2) is 4.98 Å². The molecule has 0 fully saturated rings. The van der Waals surface area contributed by atoms with Gasteiger partial charge < -0.3 is 11.1 Å². The van der Waals surface area contributed by atoms with Gasteiger partial charge in [0.15, 0.2) is 11.4 Å². The minimum Gasteiger partial charge on any atom is -0.370 e. The minimum absolute atomic E-state index is 0.260. The summed E-state index contributed by atoms with van der Waals surface area (Å²) in [5.41, 5.74) is 4.94. The van der Waals surface area contributed by atoms with E-state index in [1.807, 2.05) is 0 Å². The van der Waals surface area contributed by atoms with Crippen LogP contribution in [-0.2, 0) is 4.79 Å². The molecule has 1 aromatic rings. The molecule has 0 unspecified atom stereocenters. The van der Waals surface area contributed by atoms with Gasteiger partial charge in [0.25, 0.3) is 0 Å². The topological polar surface area (TPSA) is 85.1 Å². The summed E-state index contributed by atoms with van der Waals surface area (Å²) in [4.78, 5) is 25.1. The molecular weight excluding hydrogens is 190 g/mol. The highest BCUT2D eigenvalue weighted by Gasteiger charge is 2.00. The summed E-state index contributed by atoms with van der Waals surface area (Å²) in [6.07, 6.45) is 2.47. The number of nitrogens with one attached hydrogen (secondary N) is 1. The molecule has 1 heterocycles. The van der Waals surface area contributed by atoms with Crippen molar-refractivity contribution in [3.8, 4) is 0 Å². The van der Waals surface area contributed by atoms with Crippen molar-refractivity contribution in [3.63, 3.8) is 0 Å². The lowest BCUT2D eigenvalue weighted by molar-refractivity contribution is -0.117. The minimum atomic E-state index is -0.361. The molecule has 0 spiro atoms. The molecular formula is C7H9N3O2S. The van der Waals surface area contributed by atoms with Gasteiger partial charge >= 0.3 is 0 Å². The third kappa shape index (κ3) is 3.20. The van der Waals surface area contributed by atoms with E-state index in [0.29, 0.717) is 16.6 Å². The van der Waals surface area contributed by atoms with Gasteiger partial charge in [0.2, 0.25) is 5.91 Å². The molecule has 0 saturated heterocycles. The van der Waals surface area contributed by atoms with E-state index in [0.717, 1.165) is 6.29 Å². The van der Waals surface area contributed by atoms with E-state index >= 15 is 0 Å². The van der Waals surface area contributed by atoms with Crippen LogP contribution in [0.1, 0.15) is 16.1 Å². The number of aldehydes is 1. The summed E-state index contributed by atoms with van der Waals surface area (Å²) in [5.74, 6) is -0.361. The van der Waals surface area contributed by atoms with Gasteiger partial charge in [-0.3, -0.25) is 9.59 Å². The van der Waals surface area contributed by atoms with Gasteiger partial charge in [-0.2, -0.15) is 0 Å². The summed E-state index contributed by atoms with van der Waals surface area (Å²) in [5, 5.41) is 3.51. The summed E-state index contributed by atoms with van der Waals surface area (Å²) in [6, 6.07) is 0. The van der Waals surface area contributed by atoms with Crippen molar-refractivity contribution in [2.75, 3.05) is 11.9 Å². The van der Waals surface area contributed by atoms with Crippen molar-refractivity contribution >= 4 is 28.7 Å². The number of primary amides is 1. The molecule has 0 aliphatic carbocycles. The fourth-order valence-corrected chi connectivity index (χ4v) is 1.37. The Morgan fingerprint density at radius 1 is 1.77 bits per heavy atom. The SMILES string of the molecule is NC(=O)CCNc1ncc(C=O)s1. The maximum Gasteiger partial charge on any atom is 0.219 e. The number of rotatable bonds is 5. The van der Waals surface area contributed by atoms with Crippen LogP contribution < -0.4 is 11.1 Å². The first-order valence-corrected chi connectivity index (χ1v) is 4.47. The first kappa shape index (κ1) is 9.66. The molecule has 0 aromatic carbocycles. The smallest absolute Gasteiger partial charge is 0.219 e. The average Bonchev–Trinajstić information content (AvgIpc) is 2.52. The zero-order valence-electron chi connectivity index (χ0n) is 6.82. The van der Waals surface area contributed by atoms with Gasteiger partial charge in [0, 0.05) is 13.0 Å². The number of hydrogen-bond donors (Lipinski definition) is 2. The Hall–Kier alpha value is -1.43. The van der Waals surface area contributed by atoms with E-state index in [9.17, 15) is 9.59 Å². The molecule has 70 valence electrons. The van der Waals surface area contributed by atoms with Crippen LogP contribution in [-0.4, -0.2) is 23.7 Å². The molecule has 5 nitrogen and oxygen atoms in total. The number of nitrogens with zero attached hydrogens (tertiary/aromatic N) is 1. The van der Waals surface area contributed by atoms with Crippen LogP contribution in [0.3, 0.4) is 0 Å². The van der Waals surface area contributed by atoms with E-state index in [2.05, 4.69) is 10.3 Å². The van der Waals surface area contributed by atoms with E-state index in [4.69, 9.17) is 5.73 Å². The molecule has 0 bridgehead atoms. The van der Waals surface area contributed by atoms with Crippen molar-refractivity contribution in [1.29, 1.82) is 0 Å². The van der Waals surface area contributed by atoms with Crippen LogP contribution in [0.15, 0.2) is 6.20 Å². The largest absolute Gasteiger partial charge is 0.370 e. The van der Waals surface area contributed by atoms with Crippen molar-refractivity contribution in [1.82, 2.24) is 4.98 Å². The average molecular weight is 199 g/mol. The summed E-state index contributed by atoms with van der Waals surface area (Å²) in [6.45, 7) is 0.446. The molecule has 0 radical (unpaired) electrons. The van der Waals surface area contributed by atoms with Crippen molar-refractivity contribution in [3.05, 3.63) is 11.1 Å². The predicted molar refractivity (Wildman–Crippen MR) is 49.8 cm³/mol. The lowest BCUT2D eigenvalue weighted by atomic mass is 10.4. The quantitative estimate of drug-likeness (QED) is 0.665. The third-order valence-corrected chi connectivity index (χ3v) is 2.17. The van der Waals surface area contributed by atoms with Gasteiger partial charge in [-0.05, 0) is 0 Å². The molecule has 1 aromatic heterocycles. The molecule has 1 rings (SSSR count). The van der Waals surface area contributed by atoms with Gasteiger partial charge in [0.1, 0.15) is 0 Å². The summed E-state index contributed by atoms with van der Waals surface area (Å²) < 4.78 is 0. The molecule has 0 aliphatic heterocycles. The number of carbonyl (C=O) groups excluding carboxylic acids is 2. The third-order valence-electron chi connectivity index (χ3n) is 1.29. The summed E-state index contributed by atoms with van der Waals surface area (Å²) >= 11 is 1.24. The molecule has 0 saturated carbocycles. The zero-order chi connectivity index (χ0) is 9.68. The molecule has 3 N–H and O–H groups in total. The van der Waals surface area contributed by atoms with Crippen molar-refractivity contribution in [2.45, 2.75) is 6.42 Å². The van der Waals surface area contributed by atoms with Crippen molar-refractivity contribution in [2.24, 2.45) is 5.73 Å². The number of aromatic nitrogens is 1. The van der Waals surface area contributed by atoms with Crippen molar-refractivity contribution < 1.29 is 9.59 Å². The monoisotopic (exact) mass is 199 g/mol. The molecule has 6 heteroatoms. The second-order valence-corrected chi connectivity index (χ2v) is 3.39.